The number of Topliss-reactive ketones (excluding diaryl/α,β-unsaturated/α-hetero) is 1. The van der Waals surface area contributed by atoms with E-state index in [1.807, 2.05) is 60.7 Å². The van der Waals surface area contributed by atoms with Crippen LogP contribution in [-0.2, 0) is 10.0 Å². The maximum Gasteiger partial charge on any atom is 0.240 e. The summed E-state index contributed by atoms with van der Waals surface area (Å²) in [6.07, 6.45) is 0. The van der Waals surface area contributed by atoms with Crippen molar-refractivity contribution in [3.8, 4) is 0 Å². The second-order valence-electron chi connectivity index (χ2n) is 6.31. The fourth-order valence-corrected chi connectivity index (χ4v) is 4.05. The van der Waals surface area contributed by atoms with Crippen LogP contribution in [0.2, 0.25) is 0 Å². The van der Waals surface area contributed by atoms with Crippen LogP contribution in [0.3, 0.4) is 0 Å². The molecule has 0 heterocycles. The van der Waals surface area contributed by atoms with Gasteiger partial charge in [-0.2, -0.15) is 0 Å². The van der Waals surface area contributed by atoms with Crippen molar-refractivity contribution < 1.29 is 13.2 Å². The van der Waals surface area contributed by atoms with Gasteiger partial charge < -0.3 is 0 Å². The first kappa shape index (κ1) is 19.0. The van der Waals surface area contributed by atoms with E-state index < -0.39 is 10.0 Å². The minimum atomic E-state index is -3.73. The summed E-state index contributed by atoms with van der Waals surface area (Å²) in [5.41, 5.74) is 2.44. The molecule has 0 radical (unpaired) electrons. The van der Waals surface area contributed by atoms with Crippen LogP contribution in [-0.4, -0.2) is 20.7 Å². The average Bonchev–Trinajstić information content (AvgIpc) is 2.70. The highest BCUT2D eigenvalue weighted by Gasteiger charge is 2.20. The lowest BCUT2D eigenvalue weighted by Crippen LogP contribution is -2.29. The quantitative estimate of drug-likeness (QED) is 0.631. The van der Waals surface area contributed by atoms with Crippen molar-refractivity contribution in [3.63, 3.8) is 0 Å². The third-order valence-corrected chi connectivity index (χ3v) is 5.85. The molecule has 1 N–H and O–H groups in total. The van der Waals surface area contributed by atoms with Gasteiger partial charge in [0.05, 0.1) is 4.90 Å². The largest absolute Gasteiger partial charge is 0.295 e. The number of carbonyl (C=O) groups is 1. The van der Waals surface area contributed by atoms with Gasteiger partial charge in [0.1, 0.15) is 0 Å². The topological polar surface area (TPSA) is 63.2 Å². The summed E-state index contributed by atoms with van der Waals surface area (Å²) in [6.45, 7) is 1.64. The van der Waals surface area contributed by atoms with Crippen molar-refractivity contribution in [2.24, 2.45) is 0 Å². The summed E-state index contributed by atoms with van der Waals surface area (Å²) in [7, 11) is -3.73. The molecule has 3 aromatic rings. The molecule has 0 unspecified atom stereocenters. The second kappa shape index (κ2) is 8.29. The van der Waals surface area contributed by atoms with E-state index in [0.29, 0.717) is 5.56 Å². The number of rotatable bonds is 7. The molecule has 0 saturated carbocycles. The molecule has 0 aliphatic carbocycles. The molecular weight excluding hydrogens is 358 g/mol. The summed E-state index contributed by atoms with van der Waals surface area (Å²) < 4.78 is 28.2. The SMILES string of the molecule is CC(=O)c1cccc(S(=O)(=O)NCC(c2ccccc2)c2ccccc2)c1. The second-order valence-corrected chi connectivity index (χ2v) is 8.08. The summed E-state index contributed by atoms with van der Waals surface area (Å²) >= 11 is 0. The van der Waals surface area contributed by atoms with Crippen molar-refractivity contribution in [1.29, 1.82) is 0 Å². The van der Waals surface area contributed by atoms with Crippen LogP contribution < -0.4 is 4.72 Å². The Kier molecular flexibility index (Phi) is 5.84. The van der Waals surface area contributed by atoms with E-state index in [9.17, 15) is 13.2 Å². The highest BCUT2D eigenvalue weighted by Crippen LogP contribution is 2.24. The Bertz CT molecular complexity index is 976. The van der Waals surface area contributed by atoms with Gasteiger partial charge in [-0.05, 0) is 30.2 Å². The summed E-state index contributed by atoms with van der Waals surface area (Å²) in [5.74, 6) is -0.281. The Morgan fingerprint density at radius 2 is 1.41 bits per heavy atom. The molecule has 5 heteroatoms. The number of hydrogen-bond donors (Lipinski definition) is 1. The molecule has 0 atom stereocenters. The summed E-state index contributed by atoms with van der Waals surface area (Å²) in [5, 5.41) is 0. The van der Waals surface area contributed by atoms with Gasteiger partial charge in [0.25, 0.3) is 0 Å². The first-order valence-electron chi connectivity index (χ1n) is 8.68. The number of hydrogen-bond acceptors (Lipinski definition) is 3. The number of sulfonamides is 1. The van der Waals surface area contributed by atoms with Crippen LogP contribution in [0.15, 0.2) is 89.8 Å². The number of benzene rings is 3. The van der Waals surface area contributed by atoms with E-state index in [0.717, 1.165) is 11.1 Å². The Balaban J connectivity index is 1.87. The van der Waals surface area contributed by atoms with Crippen LogP contribution in [0.4, 0.5) is 0 Å². The molecule has 0 aromatic heterocycles. The van der Waals surface area contributed by atoms with E-state index in [2.05, 4.69) is 4.72 Å². The zero-order chi connectivity index (χ0) is 19.3. The highest BCUT2D eigenvalue weighted by molar-refractivity contribution is 7.89. The molecule has 0 aliphatic rings. The molecule has 138 valence electrons. The van der Waals surface area contributed by atoms with Crippen molar-refractivity contribution in [2.45, 2.75) is 17.7 Å². The predicted octanol–water partition coefficient (Wildman–Crippen LogP) is 4.00. The van der Waals surface area contributed by atoms with Crippen LogP contribution in [0.1, 0.15) is 34.3 Å². The lowest BCUT2D eigenvalue weighted by atomic mass is 9.92. The number of carbonyl (C=O) groups excluding carboxylic acids is 1. The molecule has 0 spiro atoms. The average molecular weight is 379 g/mol. The fraction of sp³-hybridized carbons (Fsp3) is 0.136. The van der Waals surface area contributed by atoms with Gasteiger partial charge in [0.15, 0.2) is 5.78 Å². The fourth-order valence-electron chi connectivity index (χ4n) is 2.96. The molecular formula is C22H21NO3S. The number of nitrogens with one attached hydrogen (secondary N) is 1. The van der Waals surface area contributed by atoms with Crippen molar-refractivity contribution in [3.05, 3.63) is 102 Å². The van der Waals surface area contributed by atoms with Gasteiger partial charge in [-0.15, -0.1) is 0 Å². The van der Waals surface area contributed by atoms with Crippen LogP contribution >= 0.6 is 0 Å². The molecule has 27 heavy (non-hydrogen) atoms. The Morgan fingerprint density at radius 1 is 0.852 bits per heavy atom. The van der Waals surface area contributed by atoms with Gasteiger partial charge in [0, 0.05) is 18.0 Å². The zero-order valence-electron chi connectivity index (χ0n) is 15.0. The smallest absolute Gasteiger partial charge is 0.240 e. The number of ketones is 1. The molecule has 4 nitrogen and oxygen atoms in total. The molecule has 0 fully saturated rings. The lowest BCUT2D eigenvalue weighted by Gasteiger charge is -2.19. The maximum absolute atomic E-state index is 12.8. The van der Waals surface area contributed by atoms with Crippen molar-refractivity contribution in [1.82, 2.24) is 4.72 Å². The summed E-state index contributed by atoms with van der Waals surface area (Å²) in [4.78, 5) is 11.6. The summed E-state index contributed by atoms with van der Waals surface area (Å²) in [6, 6.07) is 25.7. The van der Waals surface area contributed by atoms with Gasteiger partial charge in [0.2, 0.25) is 10.0 Å². The van der Waals surface area contributed by atoms with Crippen LogP contribution in [0.25, 0.3) is 0 Å². The Hall–Kier alpha value is -2.76. The van der Waals surface area contributed by atoms with Crippen molar-refractivity contribution >= 4 is 15.8 Å². The lowest BCUT2D eigenvalue weighted by molar-refractivity contribution is 0.101. The molecule has 0 amide bonds. The monoisotopic (exact) mass is 379 g/mol. The van der Waals surface area contributed by atoms with Crippen molar-refractivity contribution in [2.75, 3.05) is 6.54 Å². The highest BCUT2D eigenvalue weighted by atomic mass is 32.2. The molecule has 0 saturated heterocycles. The molecule has 3 rings (SSSR count). The minimum absolute atomic E-state index is 0.0927. The first-order chi connectivity index (χ1) is 13.0. The van der Waals surface area contributed by atoms with Crippen LogP contribution in [0.5, 0.6) is 0 Å². The predicted molar refractivity (Wildman–Crippen MR) is 106 cm³/mol. The van der Waals surface area contributed by atoms with E-state index in [-0.39, 0.29) is 23.1 Å². The Labute approximate surface area is 159 Å². The van der Waals surface area contributed by atoms with E-state index in [1.165, 1.54) is 19.1 Å². The van der Waals surface area contributed by atoms with Gasteiger partial charge in [-0.1, -0.05) is 72.8 Å². The zero-order valence-corrected chi connectivity index (χ0v) is 15.8. The van der Waals surface area contributed by atoms with Gasteiger partial charge >= 0.3 is 0 Å². The standard InChI is InChI=1S/C22H21NO3S/c1-17(24)20-13-8-14-21(15-20)27(25,26)23-16-22(18-9-4-2-5-10-18)19-11-6-3-7-12-19/h2-15,22-23H,16H2,1H3. The third kappa shape index (κ3) is 4.70. The minimum Gasteiger partial charge on any atom is -0.295 e. The molecule has 3 aromatic carbocycles. The maximum atomic E-state index is 12.8. The molecule has 0 aliphatic heterocycles. The van der Waals surface area contributed by atoms with E-state index in [1.54, 1.807) is 12.1 Å². The Morgan fingerprint density at radius 3 is 1.93 bits per heavy atom. The molecule has 0 bridgehead atoms. The first-order valence-corrected chi connectivity index (χ1v) is 10.2. The van der Waals surface area contributed by atoms with Gasteiger partial charge in [-0.25, -0.2) is 13.1 Å². The van der Waals surface area contributed by atoms with Crippen LogP contribution in [0, 0.1) is 0 Å². The normalized spacial score (nSPS) is 11.5. The van der Waals surface area contributed by atoms with E-state index in [4.69, 9.17) is 0 Å². The van der Waals surface area contributed by atoms with E-state index >= 15 is 0 Å². The third-order valence-electron chi connectivity index (χ3n) is 4.43. The van der Waals surface area contributed by atoms with Gasteiger partial charge in [-0.3, -0.25) is 4.79 Å².